The van der Waals surface area contributed by atoms with E-state index in [0.29, 0.717) is 0 Å². The van der Waals surface area contributed by atoms with E-state index in [1.165, 1.54) is 7.11 Å². The number of ether oxygens (including phenoxy) is 2. The van der Waals surface area contributed by atoms with Gasteiger partial charge in [0.15, 0.2) is 0 Å². The van der Waals surface area contributed by atoms with E-state index in [2.05, 4.69) is 26.6 Å². The van der Waals surface area contributed by atoms with Crippen molar-refractivity contribution in [3.8, 4) is 0 Å². The van der Waals surface area contributed by atoms with Gasteiger partial charge in [-0.15, -0.1) is 0 Å². The minimum absolute atomic E-state index is 0.0140. The molecule has 0 fully saturated rings. The Balaban J connectivity index is 1.95. The van der Waals surface area contributed by atoms with Crippen molar-refractivity contribution in [2.45, 2.75) is 25.1 Å². The predicted molar refractivity (Wildman–Crippen MR) is 112 cm³/mol. The van der Waals surface area contributed by atoms with Gasteiger partial charge in [-0.25, -0.2) is 9.59 Å². The van der Waals surface area contributed by atoms with Crippen LogP contribution in [0.4, 0.5) is 4.79 Å². The summed E-state index contributed by atoms with van der Waals surface area (Å²) >= 11 is 3.35. The Hall–Kier alpha value is -2.91. The predicted octanol–water partition coefficient (Wildman–Crippen LogP) is 1.94. The minimum Gasteiger partial charge on any atom is -0.467 e. The lowest BCUT2D eigenvalue weighted by atomic mass is 10.1. The molecule has 160 valence electrons. The molecule has 0 aliphatic carbocycles. The molecule has 3 N–H and O–H groups in total. The standard InChI is InChI=1S/C21H23BrN2O6/c1-29-20(27)17(11-15-8-5-9-16(22)10-15)23-19(26)18(12-25)24-21(28)30-13-14-6-3-2-4-7-14/h2-10,17-18,25H,11-13H2,1H3,(H,23,26)(H,24,28)/t17-,18-/m0/s1. The molecule has 30 heavy (non-hydrogen) atoms. The molecule has 2 atom stereocenters. The third kappa shape index (κ3) is 7.49. The van der Waals surface area contributed by atoms with E-state index in [4.69, 9.17) is 9.47 Å². The molecule has 2 aromatic carbocycles. The molecule has 0 aliphatic rings. The number of carbonyl (C=O) groups excluding carboxylic acids is 3. The highest BCUT2D eigenvalue weighted by atomic mass is 79.9. The summed E-state index contributed by atoms with van der Waals surface area (Å²) < 4.78 is 10.6. The van der Waals surface area contributed by atoms with Gasteiger partial charge < -0.3 is 25.2 Å². The van der Waals surface area contributed by atoms with E-state index in [1.807, 2.05) is 18.2 Å². The first-order valence-corrected chi connectivity index (χ1v) is 9.93. The van der Waals surface area contributed by atoms with Crippen molar-refractivity contribution in [2.75, 3.05) is 13.7 Å². The second-order valence-electron chi connectivity index (χ2n) is 6.36. The van der Waals surface area contributed by atoms with Gasteiger partial charge in [-0.05, 0) is 23.3 Å². The Bertz CT molecular complexity index is 862. The molecule has 0 saturated carbocycles. The van der Waals surface area contributed by atoms with Crippen LogP contribution in [-0.2, 0) is 32.1 Å². The molecule has 0 bridgehead atoms. The third-order valence-electron chi connectivity index (χ3n) is 4.13. The smallest absolute Gasteiger partial charge is 0.408 e. The molecule has 0 unspecified atom stereocenters. The lowest BCUT2D eigenvalue weighted by Crippen LogP contribution is -2.54. The molecule has 0 aromatic heterocycles. The molecule has 2 aromatic rings. The van der Waals surface area contributed by atoms with Gasteiger partial charge in [-0.1, -0.05) is 58.4 Å². The van der Waals surface area contributed by atoms with Crippen molar-refractivity contribution in [1.29, 1.82) is 0 Å². The summed E-state index contributed by atoms with van der Waals surface area (Å²) in [6.07, 6.45) is -0.691. The van der Waals surface area contributed by atoms with Gasteiger partial charge in [0.25, 0.3) is 0 Å². The number of aliphatic hydroxyl groups excluding tert-OH is 1. The van der Waals surface area contributed by atoms with E-state index >= 15 is 0 Å². The number of halogens is 1. The van der Waals surface area contributed by atoms with Gasteiger partial charge in [-0.3, -0.25) is 4.79 Å². The van der Waals surface area contributed by atoms with Crippen LogP contribution >= 0.6 is 15.9 Å². The number of carbonyl (C=O) groups is 3. The molecule has 2 rings (SSSR count). The normalized spacial score (nSPS) is 12.4. The quantitative estimate of drug-likeness (QED) is 0.474. The van der Waals surface area contributed by atoms with Gasteiger partial charge in [0.05, 0.1) is 13.7 Å². The molecule has 0 saturated heterocycles. The SMILES string of the molecule is COC(=O)[C@H](Cc1cccc(Br)c1)NC(=O)[C@H](CO)NC(=O)OCc1ccccc1. The zero-order valence-corrected chi connectivity index (χ0v) is 17.9. The van der Waals surface area contributed by atoms with E-state index in [9.17, 15) is 19.5 Å². The summed E-state index contributed by atoms with van der Waals surface area (Å²) in [5.41, 5.74) is 1.56. The lowest BCUT2D eigenvalue weighted by molar-refractivity contribution is -0.145. The van der Waals surface area contributed by atoms with Crippen molar-refractivity contribution < 1.29 is 29.0 Å². The fourth-order valence-electron chi connectivity index (χ4n) is 2.61. The average molecular weight is 479 g/mol. The van der Waals surface area contributed by atoms with Gasteiger partial charge >= 0.3 is 12.1 Å². The summed E-state index contributed by atoms with van der Waals surface area (Å²) in [5.74, 6) is -1.38. The van der Waals surface area contributed by atoms with Crippen LogP contribution in [0.5, 0.6) is 0 Å². The second kappa shape index (κ2) is 11.9. The Kier molecular flexibility index (Phi) is 9.30. The Morgan fingerprint density at radius 3 is 2.33 bits per heavy atom. The van der Waals surface area contributed by atoms with Crippen molar-refractivity contribution in [2.24, 2.45) is 0 Å². The number of benzene rings is 2. The van der Waals surface area contributed by atoms with E-state index in [0.717, 1.165) is 15.6 Å². The monoisotopic (exact) mass is 478 g/mol. The first-order chi connectivity index (χ1) is 14.4. The first-order valence-electron chi connectivity index (χ1n) is 9.13. The highest BCUT2D eigenvalue weighted by molar-refractivity contribution is 9.10. The highest BCUT2D eigenvalue weighted by Gasteiger charge is 2.27. The summed E-state index contributed by atoms with van der Waals surface area (Å²) in [7, 11) is 1.21. The molecule has 0 spiro atoms. The van der Waals surface area contributed by atoms with Crippen molar-refractivity contribution in [1.82, 2.24) is 10.6 Å². The molecule has 8 nitrogen and oxygen atoms in total. The third-order valence-corrected chi connectivity index (χ3v) is 4.63. The number of esters is 1. The summed E-state index contributed by atoms with van der Waals surface area (Å²) in [6, 6.07) is 14.0. The maximum Gasteiger partial charge on any atom is 0.408 e. The van der Waals surface area contributed by atoms with Crippen LogP contribution in [0, 0.1) is 0 Å². The van der Waals surface area contributed by atoms with Gasteiger partial charge in [0.1, 0.15) is 18.7 Å². The number of alkyl carbamates (subject to hydrolysis) is 1. The Labute approximate surface area is 182 Å². The summed E-state index contributed by atoms with van der Waals surface area (Å²) in [5, 5.41) is 14.3. The topological polar surface area (TPSA) is 114 Å². The molecule has 0 heterocycles. The van der Waals surface area contributed by atoms with Gasteiger partial charge in [-0.2, -0.15) is 0 Å². The van der Waals surface area contributed by atoms with Crippen LogP contribution in [0.3, 0.4) is 0 Å². The number of hydrogen-bond acceptors (Lipinski definition) is 6. The number of methoxy groups -OCH3 is 1. The van der Waals surface area contributed by atoms with Gasteiger partial charge in [0.2, 0.25) is 5.91 Å². The van der Waals surface area contributed by atoms with Crippen molar-refractivity contribution in [3.05, 3.63) is 70.2 Å². The zero-order chi connectivity index (χ0) is 21.9. The van der Waals surface area contributed by atoms with Crippen molar-refractivity contribution in [3.63, 3.8) is 0 Å². The van der Waals surface area contributed by atoms with Crippen LogP contribution in [0.25, 0.3) is 0 Å². The number of nitrogens with one attached hydrogen (secondary N) is 2. The summed E-state index contributed by atoms with van der Waals surface area (Å²) in [6.45, 7) is -0.656. The average Bonchev–Trinajstić information content (AvgIpc) is 2.75. The van der Waals surface area contributed by atoms with Crippen LogP contribution in [-0.4, -0.2) is 48.9 Å². The van der Waals surface area contributed by atoms with Crippen LogP contribution in [0.2, 0.25) is 0 Å². The number of rotatable bonds is 9. The van der Waals surface area contributed by atoms with E-state index in [-0.39, 0.29) is 13.0 Å². The fourth-order valence-corrected chi connectivity index (χ4v) is 3.06. The Morgan fingerprint density at radius 1 is 1.00 bits per heavy atom. The maximum absolute atomic E-state index is 12.5. The summed E-state index contributed by atoms with van der Waals surface area (Å²) in [4.78, 5) is 36.6. The molecule has 0 radical (unpaired) electrons. The Morgan fingerprint density at radius 2 is 1.70 bits per heavy atom. The largest absolute Gasteiger partial charge is 0.467 e. The van der Waals surface area contributed by atoms with Crippen molar-refractivity contribution >= 4 is 33.9 Å². The van der Waals surface area contributed by atoms with Crippen LogP contribution in [0.15, 0.2) is 59.1 Å². The maximum atomic E-state index is 12.5. The molecular weight excluding hydrogens is 456 g/mol. The van der Waals surface area contributed by atoms with E-state index < -0.39 is 36.7 Å². The first kappa shape index (κ1) is 23.4. The van der Waals surface area contributed by atoms with Gasteiger partial charge in [0, 0.05) is 10.9 Å². The second-order valence-corrected chi connectivity index (χ2v) is 7.28. The molecule has 0 aliphatic heterocycles. The minimum atomic E-state index is -1.29. The van der Waals surface area contributed by atoms with Crippen LogP contribution in [0.1, 0.15) is 11.1 Å². The highest BCUT2D eigenvalue weighted by Crippen LogP contribution is 2.13. The molecule has 9 heteroatoms. The molecular formula is C21H23BrN2O6. The number of aliphatic hydroxyl groups is 1. The zero-order valence-electron chi connectivity index (χ0n) is 16.3. The molecule has 2 amide bonds. The number of hydrogen-bond donors (Lipinski definition) is 3. The lowest BCUT2D eigenvalue weighted by Gasteiger charge is -2.21. The number of amides is 2. The van der Waals surface area contributed by atoms with Crippen LogP contribution < -0.4 is 10.6 Å². The van der Waals surface area contributed by atoms with E-state index in [1.54, 1.807) is 36.4 Å². The fraction of sp³-hybridized carbons (Fsp3) is 0.286.